The van der Waals surface area contributed by atoms with Crippen LogP contribution in [0.15, 0.2) is 24.3 Å². The van der Waals surface area contributed by atoms with E-state index in [2.05, 4.69) is 9.80 Å². The van der Waals surface area contributed by atoms with Gasteiger partial charge in [0.15, 0.2) is 11.6 Å². The van der Waals surface area contributed by atoms with Gasteiger partial charge in [-0.2, -0.15) is 5.26 Å². The summed E-state index contributed by atoms with van der Waals surface area (Å²) in [6, 6.07) is 8.73. The molecule has 3 aliphatic heterocycles. The Hall–Kier alpha value is -3.03. The Bertz CT molecular complexity index is 1200. The molecule has 35 heavy (non-hydrogen) atoms. The van der Waals surface area contributed by atoms with Crippen LogP contribution in [-0.2, 0) is 16.1 Å². The van der Waals surface area contributed by atoms with Gasteiger partial charge in [-0.15, -0.1) is 0 Å². The Morgan fingerprint density at radius 2 is 2.11 bits per heavy atom. The van der Waals surface area contributed by atoms with Crippen molar-refractivity contribution in [1.29, 1.82) is 5.26 Å². The normalized spacial score (nSPS) is 23.2. The van der Waals surface area contributed by atoms with Crippen LogP contribution in [0.4, 0.5) is 4.39 Å². The number of hydrogen-bond donors (Lipinski definition) is 1. The van der Waals surface area contributed by atoms with Crippen LogP contribution >= 0.6 is 0 Å². The van der Waals surface area contributed by atoms with Gasteiger partial charge in [-0.3, -0.25) is 9.80 Å². The molecule has 3 atom stereocenters. The van der Waals surface area contributed by atoms with E-state index in [-0.39, 0.29) is 36.0 Å². The molecular weight excluding hydrogens is 453 g/mol. The molecule has 0 aliphatic carbocycles. The van der Waals surface area contributed by atoms with Crippen molar-refractivity contribution in [3.05, 3.63) is 63.5 Å². The third kappa shape index (κ3) is 4.28. The minimum atomic E-state index is -0.675. The van der Waals surface area contributed by atoms with Crippen molar-refractivity contribution in [1.82, 2.24) is 9.80 Å². The molecule has 0 spiro atoms. The summed E-state index contributed by atoms with van der Waals surface area (Å²) in [5, 5.41) is 20.1. The van der Waals surface area contributed by atoms with Crippen molar-refractivity contribution in [2.75, 3.05) is 46.4 Å². The number of carbonyl (C=O) groups is 1. The second-order valence-electron chi connectivity index (χ2n) is 9.29. The van der Waals surface area contributed by atoms with E-state index >= 15 is 0 Å². The average Bonchev–Trinajstić information content (AvgIpc) is 3.25. The number of nitrogens with zero attached hydrogens (tertiary/aromatic N) is 3. The first-order valence-electron chi connectivity index (χ1n) is 11.7. The zero-order chi connectivity index (χ0) is 24.7. The predicted molar refractivity (Wildman–Crippen MR) is 123 cm³/mol. The Morgan fingerprint density at radius 1 is 1.29 bits per heavy atom. The van der Waals surface area contributed by atoms with Gasteiger partial charge in [0, 0.05) is 49.9 Å². The summed E-state index contributed by atoms with van der Waals surface area (Å²) in [4.78, 5) is 16.4. The summed E-state index contributed by atoms with van der Waals surface area (Å²) < 4.78 is 31.1. The van der Waals surface area contributed by atoms with Gasteiger partial charge >= 0.3 is 5.97 Å². The fourth-order valence-corrected chi connectivity index (χ4v) is 5.39. The summed E-state index contributed by atoms with van der Waals surface area (Å²) in [5.41, 5.74) is 3.72. The second-order valence-corrected chi connectivity index (χ2v) is 9.29. The van der Waals surface area contributed by atoms with Crippen LogP contribution in [0.5, 0.6) is 5.75 Å². The van der Waals surface area contributed by atoms with Crippen LogP contribution in [0.25, 0.3) is 0 Å². The molecule has 2 aromatic carbocycles. The largest absolute Gasteiger partial charge is 0.493 e. The van der Waals surface area contributed by atoms with Gasteiger partial charge in [0.1, 0.15) is 12.7 Å². The SMILES string of the molecule is COc1c([C@@H]2CN3CCN(C[C@H](O)c4ccc5c(c4C)COC5=O)C[C@H]3CO2)ccc(C#N)c1F. The number of hydrogen-bond acceptors (Lipinski definition) is 8. The van der Waals surface area contributed by atoms with Crippen molar-refractivity contribution in [2.24, 2.45) is 0 Å². The van der Waals surface area contributed by atoms with Gasteiger partial charge in [0.2, 0.25) is 0 Å². The Balaban J connectivity index is 1.23. The van der Waals surface area contributed by atoms with E-state index in [9.17, 15) is 14.3 Å². The maximum atomic E-state index is 14.6. The third-order valence-electron chi connectivity index (χ3n) is 7.38. The number of aliphatic hydroxyl groups is 1. The summed E-state index contributed by atoms with van der Waals surface area (Å²) >= 11 is 0. The summed E-state index contributed by atoms with van der Waals surface area (Å²) in [6.07, 6.45) is -1.02. The Morgan fingerprint density at radius 3 is 2.89 bits per heavy atom. The standard InChI is InChI=1S/C26H28FN3O5/c1-15-18(5-6-19-21(15)14-35-26(19)32)22(31)11-29-7-8-30-12-23(34-13-17(30)10-29)20-4-3-16(9-28)24(27)25(20)33-2/h3-6,17,22-23,31H,7-8,10-14H2,1-2H3/t17-,22-,23-/m0/s1. The lowest BCUT2D eigenvalue weighted by Gasteiger charge is -2.46. The lowest BCUT2D eigenvalue weighted by molar-refractivity contribution is -0.0943. The molecule has 0 aromatic heterocycles. The quantitative estimate of drug-likeness (QED) is 0.651. The number of carbonyl (C=O) groups excluding carboxylic acids is 1. The van der Waals surface area contributed by atoms with Gasteiger partial charge in [-0.25, -0.2) is 9.18 Å². The first-order chi connectivity index (χ1) is 16.9. The van der Waals surface area contributed by atoms with E-state index in [0.717, 1.165) is 36.3 Å². The van der Waals surface area contributed by atoms with Crippen molar-refractivity contribution in [3.8, 4) is 11.8 Å². The molecular formula is C26H28FN3O5. The molecule has 0 amide bonds. The van der Waals surface area contributed by atoms with E-state index in [0.29, 0.717) is 30.8 Å². The van der Waals surface area contributed by atoms with E-state index in [4.69, 9.17) is 19.5 Å². The molecule has 8 nitrogen and oxygen atoms in total. The van der Waals surface area contributed by atoms with Crippen molar-refractivity contribution >= 4 is 5.97 Å². The lowest BCUT2D eigenvalue weighted by Crippen LogP contribution is -2.58. The molecule has 2 fully saturated rings. The van der Waals surface area contributed by atoms with Gasteiger partial charge in [-0.1, -0.05) is 12.1 Å². The lowest BCUT2D eigenvalue weighted by atomic mass is 9.95. The topological polar surface area (TPSA) is 95.3 Å². The molecule has 0 saturated carbocycles. The van der Waals surface area contributed by atoms with Gasteiger partial charge in [0.25, 0.3) is 0 Å². The highest BCUT2D eigenvalue weighted by molar-refractivity contribution is 5.93. The second kappa shape index (κ2) is 9.55. The number of piperazine rings is 1. The highest BCUT2D eigenvalue weighted by atomic mass is 19.1. The van der Waals surface area contributed by atoms with E-state index in [1.54, 1.807) is 12.1 Å². The number of ether oxygens (including phenoxy) is 3. The summed E-state index contributed by atoms with van der Waals surface area (Å²) in [5.74, 6) is -0.905. The number of aliphatic hydroxyl groups excluding tert-OH is 1. The molecule has 0 radical (unpaired) electrons. The molecule has 5 rings (SSSR count). The van der Waals surface area contributed by atoms with Crippen LogP contribution in [0.3, 0.4) is 0 Å². The van der Waals surface area contributed by atoms with Gasteiger partial charge < -0.3 is 19.3 Å². The fourth-order valence-electron chi connectivity index (χ4n) is 5.39. The predicted octanol–water partition coefficient (Wildman–Crippen LogP) is 2.48. The van der Waals surface area contributed by atoms with Crippen LogP contribution in [0, 0.1) is 24.1 Å². The number of esters is 1. The highest BCUT2D eigenvalue weighted by Crippen LogP contribution is 2.36. The van der Waals surface area contributed by atoms with E-state index in [1.807, 2.05) is 19.1 Å². The van der Waals surface area contributed by atoms with Gasteiger partial charge in [0.05, 0.1) is 37.1 Å². The number of methoxy groups -OCH3 is 1. The number of morpholine rings is 1. The van der Waals surface area contributed by atoms with Crippen LogP contribution < -0.4 is 4.74 Å². The summed E-state index contributed by atoms with van der Waals surface area (Å²) in [6.45, 7) is 6.06. The number of β-amino-alcohol motifs (C(OH)–C–C–N with tert-alkyl or cyclic N) is 1. The van der Waals surface area contributed by atoms with Crippen LogP contribution in [0.1, 0.15) is 50.4 Å². The van der Waals surface area contributed by atoms with E-state index < -0.39 is 11.9 Å². The minimum Gasteiger partial charge on any atom is -0.493 e. The minimum absolute atomic E-state index is 0.0517. The van der Waals surface area contributed by atoms with Crippen molar-refractivity contribution in [3.63, 3.8) is 0 Å². The van der Waals surface area contributed by atoms with Gasteiger partial charge in [-0.05, 0) is 30.2 Å². The number of halogens is 1. The fraction of sp³-hybridized carbons (Fsp3) is 0.462. The molecule has 0 bridgehead atoms. The van der Waals surface area contributed by atoms with E-state index in [1.165, 1.54) is 13.2 Å². The van der Waals surface area contributed by atoms with Crippen LogP contribution in [0.2, 0.25) is 0 Å². The molecule has 0 unspecified atom stereocenters. The maximum Gasteiger partial charge on any atom is 0.338 e. The monoisotopic (exact) mass is 481 g/mol. The smallest absolute Gasteiger partial charge is 0.338 e. The zero-order valence-corrected chi connectivity index (χ0v) is 19.8. The first-order valence-corrected chi connectivity index (χ1v) is 11.7. The molecule has 2 saturated heterocycles. The molecule has 3 aliphatic rings. The Kier molecular flexibility index (Phi) is 6.47. The summed E-state index contributed by atoms with van der Waals surface area (Å²) in [7, 11) is 1.40. The molecule has 2 aromatic rings. The number of fused-ring (bicyclic) bond motifs is 2. The Labute approximate surface area is 203 Å². The first kappa shape index (κ1) is 23.7. The highest BCUT2D eigenvalue weighted by Gasteiger charge is 2.36. The molecule has 1 N–H and O–H groups in total. The average molecular weight is 482 g/mol. The third-order valence-corrected chi connectivity index (χ3v) is 7.38. The van der Waals surface area contributed by atoms with Crippen molar-refractivity contribution in [2.45, 2.75) is 31.8 Å². The number of benzene rings is 2. The molecule has 9 heteroatoms. The van der Waals surface area contributed by atoms with Crippen LogP contribution in [-0.4, -0.2) is 73.4 Å². The molecule has 3 heterocycles. The zero-order valence-electron chi connectivity index (χ0n) is 19.8. The number of nitriles is 1. The van der Waals surface area contributed by atoms with Crippen molar-refractivity contribution < 1.29 is 28.5 Å². The number of cyclic esters (lactones) is 1. The maximum absolute atomic E-state index is 14.6. The number of rotatable bonds is 5. The molecule has 184 valence electrons.